The van der Waals surface area contributed by atoms with Gasteiger partial charge in [-0.1, -0.05) is 6.07 Å². The predicted molar refractivity (Wildman–Crippen MR) is 86.2 cm³/mol. The van der Waals surface area contributed by atoms with E-state index >= 15 is 0 Å². The predicted octanol–water partition coefficient (Wildman–Crippen LogP) is 2.68. The molecule has 0 aromatic heterocycles. The zero-order valence-electron chi connectivity index (χ0n) is 12.7. The number of hydrogen-bond donors (Lipinski definition) is 0. The first-order valence-electron chi connectivity index (χ1n) is 7.26. The third-order valence-electron chi connectivity index (χ3n) is 3.67. The van der Waals surface area contributed by atoms with Crippen LogP contribution in [0.1, 0.15) is 12.8 Å². The second-order valence-electron chi connectivity index (χ2n) is 5.27. The summed E-state index contributed by atoms with van der Waals surface area (Å²) in [5, 5.41) is 0. The van der Waals surface area contributed by atoms with Crippen molar-refractivity contribution in [1.29, 1.82) is 0 Å². The molecule has 1 aromatic carbocycles. The highest BCUT2D eigenvalue weighted by molar-refractivity contribution is 7.99. The summed E-state index contributed by atoms with van der Waals surface area (Å²) in [5.74, 6) is 2.85. The lowest BCUT2D eigenvalue weighted by Crippen LogP contribution is -2.42. The molecule has 1 aliphatic rings. The number of hydrogen-bond acceptors (Lipinski definition) is 4. The van der Waals surface area contributed by atoms with Crippen molar-refractivity contribution in [2.45, 2.75) is 12.8 Å². The number of likely N-dealkylation sites (tertiary alicyclic amines) is 1. The van der Waals surface area contributed by atoms with E-state index in [0.29, 0.717) is 18.3 Å². The van der Waals surface area contributed by atoms with Crippen LogP contribution >= 0.6 is 11.8 Å². The van der Waals surface area contributed by atoms with Gasteiger partial charge in [0.1, 0.15) is 11.5 Å². The van der Waals surface area contributed by atoms with Crippen LogP contribution in [-0.4, -0.2) is 49.6 Å². The number of benzene rings is 1. The Morgan fingerprint density at radius 1 is 1.43 bits per heavy atom. The van der Waals surface area contributed by atoms with Crippen molar-refractivity contribution in [2.24, 2.45) is 5.92 Å². The Bertz CT molecular complexity index is 467. The summed E-state index contributed by atoms with van der Waals surface area (Å²) >= 11 is 1.58. The lowest BCUT2D eigenvalue weighted by atomic mass is 9.99. The van der Waals surface area contributed by atoms with Crippen LogP contribution < -0.4 is 9.47 Å². The topological polar surface area (TPSA) is 38.8 Å². The maximum Gasteiger partial charge on any atom is 0.232 e. The number of nitrogens with zero attached hydrogens (tertiary/aromatic N) is 1. The first-order valence-corrected chi connectivity index (χ1v) is 8.66. The van der Waals surface area contributed by atoms with Gasteiger partial charge in [0.05, 0.1) is 19.5 Å². The van der Waals surface area contributed by atoms with Gasteiger partial charge in [0.15, 0.2) is 0 Å². The highest BCUT2D eigenvalue weighted by Crippen LogP contribution is 2.22. The van der Waals surface area contributed by atoms with Crippen molar-refractivity contribution in [3.63, 3.8) is 0 Å². The number of methoxy groups -OCH3 is 1. The van der Waals surface area contributed by atoms with Gasteiger partial charge in [-0.25, -0.2) is 0 Å². The second-order valence-corrected chi connectivity index (χ2v) is 6.14. The molecule has 5 heteroatoms. The first kappa shape index (κ1) is 16.0. The van der Waals surface area contributed by atoms with Gasteiger partial charge in [-0.3, -0.25) is 4.79 Å². The molecule has 0 spiro atoms. The minimum absolute atomic E-state index is 0.244. The van der Waals surface area contributed by atoms with Crippen molar-refractivity contribution in [2.75, 3.05) is 38.8 Å². The zero-order chi connectivity index (χ0) is 15.1. The van der Waals surface area contributed by atoms with Crippen LogP contribution in [-0.2, 0) is 4.79 Å². The van der Waals surface area contributed by atoms with Crippen LogP contribution in [0.3, 0.4) is 0 Å². The van der Waals surface area contributed by atoms with E-state index < -0.39 is 0 Å². The van der Waals surface area contributed by atoms with Crippen LogP contribution in [0.4, 0.5) is 0 Å². The van der Waals surface area contributed by atoms with E-state index in [1.807, 2.05) is 35.4 Å². The summed E-state index contributed by atoms with van der Waals surface area (Å²) in [6.45, 7) is 2.34. The molecular formula is C16H23NO3S. The molecule has 1 amide bonds. The maximum atomic E-state index is 11.9. The van der Waals surface area contributed by atoms with E-state index in [1.165, 1.54) is 0 Å². The van der Waals surface area contributed by atoms with E-state index in [0.717, 1.165) is 37.4 Å². The van der Waals surface area contributed by atoms with Gasteiger partial charge in [0.25, 0.3) is 0 Å². The molecule has 0 saturated carbocycles. The van der Waals surface area contributed by atoms with Crippen molar-refractivity contribution in [3.05, 3.63) is 24.3 Å². The lowest BCUT2D eigenvalue weighted by Gasteiger charge is -2.32. The van der Waals surface area contributed by atoms with Gasteiger partial charge >= 0.3 is 0 Å². The Balaban J connectivity index is 1.83. The van der Waals surface area contributed by atoms with Crippen LogP contribution in [0, 0.1) is 5.92 Å². The van der Waals surface area contributed by atoms with Crippen LogP contribution in [0.5, 0.6) is 11.5 Å². The Hall–Kier alpha value is -1.36. The summed E-state index contributed by atoms with van der Waals surface area (Å²) in [6, 6.07) is 7.64. The van der Waals surface area contributed by atoms with Gasteiger partial charge in [0.2, 0.25) is 5.91 Å². The molecule has 0 radical (unpaired) electrons. The smallest absolute Gasteiger partial charge is 0.232 e. The van der Waals surface area contributed by atoms with Crippen molar-refractivity contribution in [1.82, 2.24) is 4.90 Å². The molecule has 1 heterocycles. The molecule has 4 nitrogen and oxygen atoms in total. The van der Waals surface area contributed by atoms with Crippen LogP contribution in [0.25, 0.3) is 0 Å². The van der Waals surface area contributed by atoms with Gasteiger partial charge < -0.3 is 14.4 Å². The molecule has 0 aliphatic carbocycles. The Morgan fingerprint density at radius 2 is 2.24 bits per heavy atom. The molecule has 1 saturated heterocycles. The largest absolute Gasteiger partial charge is 0.497 e. The Morgan fingerprint density at radius 3 is 3.00 bits per heavy atom. The van der Waals surface area contributed by atoms with Gasteiger partial charge in [0, 0.05) is 25.1 Å². The monoisotopic (exact) mass is 309 g/mol. The number of piperidine rings is 1. The maximum absolute atomic E-state index is 11.9. The van der Waals surface area contributed by atoms with Gasteiger partial charge in [-0.15, -0.1) is 0 Å². The third-order valence-corrected chi connectivity index (χ3v) is 4.20. The van der Waals surface area contributed by atoms with E-state index in [-0.39, 0.29) is 5.91 Å². The molecule has 2 rings (SSSR count). The number of thioether (sulfide) groups is 1. The fraction of sp³-hybridized carbons (Fsp3) is 0.562. The summed E-state index contributed by atoms with van der Waals surface area (Å²) in [7, 11) is 1.65. The fourth-order valence-corrected chi connectivity index (χ4v) is 2.98. The van der Waals surface area contributed by atoms with E-state index in [9.17, 15) is 4.79 Å². The molecule has 1 aliphatic heterocycles. The molecule has 1 atom stereocenters. The first-order chi connectivity index (χ1) is 10.2. The molecule has 21 heavy (non-hydrogen) atoms. The standard InChI is InChI=1S/C16H23NO3S/c1-19-14-6-3-7-15(9-14)20-11-13-5-4-8-17(10-13)16(18)12-21-2/h3,6-7,9,13H,4-5,8,10-12H2,1-2H3/t13-/m0/s1. The van der Waals surface area contributed by atoms with E-state index in [4.69, 9.17) is 9.47 Å². The van der Waals surface area contributed by atoms with E-state index in [2.05, 4.69) is 0 Å². The average molecular weight is 309 g/mol. The summed E-state index contributed by atoms with van der Waals surface area (Å²) < 4.78 is 11.0. The van der Waals surface area contributed by atoms with Gasteiger partial charge in [-0.05, 0) is 31.2 Å². The van der Waals surface area contributed by atoms with Crippen molar-refractivity contribution in [3.8, 4) is 11.5 Å². The van der Waals surface area contributed by atoms with Crippen molar-refractivity contribution >= 4 is 17.7 Å². The van der Waals surface area contributed by atoms with Crippen LogP contribution in [0.15, 0.2) is 24.3 Å². The minimum atomic E-state index is 0.244. The molecular weight excluding hydrogens is 286 g/mol. The molecule has 1 aromatic rings. The summed E-state index contributed by atoms with van der Waals surface area (Å²) in [5.41, 5.74) is 0. The normalized spacial score (nSPS) is 18.4. The molecule has 0 unspecified atom stereocenters. The number of carbonyl (C=O) groups excluding carboxylic acids is 1. The minimum Gasteiger partial charge on any atom is -0.497 e. The summed E-state index contributed by atoms with van der Waals surface area (Å²) in [6.07, 6.45) is 4.14. The Kier molecular flexibility index (Phi) is 6.23. The number of rotatable bonds is 6. The third kappa shape index (κ3) is 4.84. The molecule has 0 bridgehead atoms. The highest BCUT2D eigenvalue weighted by atomic mass is 32.2. The SMILES string of the molecule is COc1cccc(OC[C@H]2CCCN(C(=O)CSC)C2)c1. The lowest BCUT2D eigenvalue weighted by molar-refractivity contribution is -0.130. The van der Waals surface area contributed by atoms with Crippen LogP contribution in [0.2, 0.25) is 0 Å². The van der Waals surface area contributed by atoms with E-state index in [1.54, 1.807) is 18.9 Å². The number of ether oxygens (including phenoxy) is 2. The highest BCUT2D eigenvalue weighted by Gasteiger charge is 2.23. The molecule has 116 valence electrons. The van der Waals surface area contributed by atoms with Crippen molar-refractivity contribution < 1.29 is 14.3 Å². The average Bonchev–Trinajstić information content (AvgIpc) is 2.53. The quantitative estimate of drug-likeness (QED) is 0.810. The molecule has 1 fully saturated rings. The van der Waals surface area contributed by atoms with Gasteiger partial charge in [-0.2, -0.15) is 11.8 Å². The molecule has 0 N–H and O–H groups in total. The Labute approximate surface area is 130 Å². The second kappa shape index (κ2) is 8.17. The zero-order valence-corrected chi connectivity index (χ0v) is 13.5. The number of carbonyl (C=O) groups is 1. The number of amides is 1. The fourth-order valence-electron chi connectivity index (χ4n) is 2.55. The summed E-state index contributed by atoms with van der Waals surface area (Å²) in [4.78, 5) is 13.9.